The third kappa shape index (κ3) is 5.47. The van der Waals surface area contributed by atoms with Gasteiger partial charge in [0.1, 0.15) is 24.7 Å². The van der Waals surface area contributed by atoms with E-state index in [0.29, 0.717) is 30.1 Å². The van der Waals surface area contributed by atoms with Crippen LogP contribution in [-0.4, -0.2) is 23.3 Å². The van der Waals surface area contributed by atoms with Gasteiger partial charge in [-0.3, -0.25) is 9.69 Å². The van der Waals surface area contributed by atoms with Crippen LogP contribution in [0.5, 0.6) is 11.5 Å². The van der Waals surface area contributed by atoms with Crippen molar-refractivity contribution in [1.29, 1.82) is 0 Å². The van der Waals surface area contributed by atoms with Crippen LogP contribution < -0.4 is 15.1 Å². The fourth-order valence-electron chi connectivity index (χ4n) is 4.17. The number of amides is 1. The maximum Gasteiger partial charge on any atom is 0.252 e. The second-order valence-corrected chi connectivity index (χ2v) is 9.55. The van der Waals surface area contributed by atoms with E-state index in [0.717, 1.165) is 26.7 Å². The highest BCUT2D eigenvalue weighted by Gasteiger charge is 2.27. The highest BCUT2D eigenvalue weighted by Crippen LogP contribution is 2.47. The number of hydrogen-bond acceptors (Lipinski definition) is 6. The summed E-state index contributed by atoms with van der Waals surface area (Å²) < 4.78 is 5.81. The van der Waals surface area contributed by atoms with Crippen LogP contribution in [0.15, 0.2) is 112 Å². The van der Waals surface area contributed by atoms with Crippen molar-refractivity contribution in [3.8, 4) is 11.5 Å². The summed E-state index contributed by atoms with van der Waals surface area (Å²) in [6.07, 6.45) is 0.574. The highest BCUT2D eigenvalue weighted by molar-refractivity contribution is 7.99. The molecule has 0 atom stereocenters. The Bertz CT molecular complexity index is 1390. The van der Waals surface area contributed by atoms with Crippen molar-refractivity contribution < 1.29 is 14.6 Å². The quantitative estimate of drug-likeness (QED) is 0.209. The third-order valence-electron chi connectivity index (χ3n) is 5.99. The van der Waals surface area contributed by atoms with E-state index in [1.54, 1.807) is 28.8 Å². The van der Waals surface area contributed by atoms with Gasteiger partial charge < -0.3 is 15.3 Å². The number of nitrogens with zero attached hydrogens (tertiary/aromatic N) is 2. The number of phenols is 1. The average molecular weight is 510 g/mol. The van der Waals surface area contributed by atoms with Gasteiger partial charge in [0.25, 0.3) is 5.91 Å². The Labute approximate surface area is 220 Å². The van der Waals surface area contributed by atoms with Gasteiger partial charge in [0, 0.05) is 21.4 Å². The Hall–Kier alpha value is -4.23. The van der Waals surface area contributed by atoms with Crippen LogP contribution in [0, 0.1) is 0 Å². The Morgan fingerprint density at radius 3 is 2.22 bits per heavy atom. The smallest absolute Gasteiger partial charge is 0.252 e. The number of anilines is 2. The molecule has 2 N–H and O–H groups in total. The predicted octanol–water partition coefficient (Wildman–Crippen LogP) is 6.50. The zero-order valence-corrected chi connectivity index (χ0v) is 21.2. The van der Waals surface area contributed by atoms with E-state index in [-0.39, 0.29) is 18.2 Å². The predicted molar refractivity (Wildman–Crippen MR) is 148 cm³/mol. The van der Waals surface area contributed by atoms with Crippen molar-refractivity contribution in [1.82, 2.24) is 5.43 Å². The van der Waals surface area contributed by atoms with Crippen molar-refractivity contribution in [3.63, 3.8) is 0 Å². The van der Waals surface area contributed by atoms with Gasteiger partial charge in [0.2, 0.25) is 0 Å². The molecule has 0 bridgehead atoms. The van der Waals surface area contributed by atoms with Crippen molar-refractivity contribution in [2.24, 2.45) is 5.10 Å². The van der Waals surface area contributed by atoms with Gasteiger partial charge in [-0.2, -0.15) is 5.10 Å². The van der Waals surface area contributed by atoms with Crippen LogP contribution in [0.3, 0.4) is 0 Å². The fourth-order valence-corrected chi connectivity index (χ4v) is 5.23. The second-order valence-electron chi connectivity index (χ2n) is 8.47. The normalized spacial score (nSPS) is 12.5. The van der Waals surface area contributed by atoms with Gasteiger partial charge in [-0.1, -0.05) is 73.3 Å². The molecule has 0 aromatic heterocycles. The molecule has 37 heavy (non-hydrogen) atoms. The van der Waals surface area contributed by atoms with Gasteiger partial charge >= 0.3 is 0 Å². The molecule has 0 radical (unpaired) electrons. The summed E-state index contributed by atoms with van der Waals surface area (Å²) >= 11 is 1.66. The highest BCUT2D eigenvalue weighted by atomic mass is 32.2. The summed E-state index contributed by atoms with van der Waals surface area (Å²) in [7, 11) is 0. The number of hydrazone groups is 1. The topological polar surface area (TPSA) is 74.2 Å². The molecule has 0 unspecified atom stereocenters. The maximum atomic E-state index is 13.3. The molecule has 7 heteroatoms. The first-order valence-corrected chi connectivity index (χ1v) is 12.9. The molecule has 1 amide bonds. The largest absolute Gasteiger partial charge is 0.507 e. The standard InChI is InChI=1S/C30H27N3O3S/c1-2-24(23-17-16-22(18-27(23)34)36-20-21-10-4-3-5-11-21)32-31-19-30(35)33-25-12-6-8-14-28(25)37-29-15-9-7-13-26(29)33/h3-18,31,34H,2,19-20H2,1H3. The third-order valence-corrected chi connectivity index (χ3v) is 7.12. The molecule has 6 nitrogen and oxygen atoms in total. The van der Waals surface area contributed by atoms with Crippen molar-refractivity contribution >= 4 is 34.8 Å². The number of carbonyl (C=O) groups is 1. The summed E-state index contributed by atoms with van der Waals surface area (Å²) in [5.41, 5.74) is 6.95. The van der Waals surface area contributed by atoms with E-state index in [1.807, 2.05) is 91.9 Å². The lowest BCUT2D eigenvalue weighted by Crippen LogP contribution is -2.35. The average Bonchev–Trinajstić information content (AvgIpc) is 2.94. The maximum absolute atomic E-state index is 13.3. The van der Waals surface area contributed by atoms with Crippen LogP contribution in [0.25, 0.3) is 0 Å². The molecule has 5 rings (SSSR count). The minimum absolute atomic E-state index is 0.00979. The number of nitrogens with one attached hydrogen (secondary N) is 1. The van der Waals surface area contributed by atoms with Crippen molar-refractivity contribution in [2.75, 3.05) is 11.4 Å². The van der Waals surface area contributed by atoms with E-state index >= 15 is 0 Å². The van der Waals surface area contributed by atoms with Crippen molar-refractivity contribution in [2.45, 2.75) is 29.7 Å². The Morgan fingerprint density at radius 1 is 0.919 bits per heavy atom. The van der Waals surface area contributed by atoms with E-state index in [9.17, 15) is 9.90 Å². The number of aromatic hydroxyl groups is 1. The molecule has 0 spiro atoms. The number of carbonyl (C=O) groups excluding carboxylic acids is 1. The number of para-hydroxylation sites is 2. The van der Waals surface area contributed by atoms with E-state index < -0.39 is 0 Å². The zero-order valence-electron chi connectivity index (χ0n) is 20.4. The van der Waals surface area contributed by atoms with Gasteiger partial charge in [0.05, 0.1) is 17.1 Å². The Morgan fingerprint density at radius 2 is 1.57 bits per heavy atom. The van der Waals surface area contributed by atoms with E-state index in [4.69, 9.17) is 4.74 Å². The van der Waals surface area contributed by atoms with Crippen LogP contribution in [0.2, 0.25) is 0 Å². The van der Waals surface area contributed by atoms with E-state index in [2.05, 4.69) is 10.5 Å². The van der Waals surface area contributed by atoms with Crippen LogP contribution in [0.1, 0.15) is 24.5 Å². The lowest BCUT2D eigenvalue weighted by molar-refractivity contribution is -0.117. The minimum atomic E-state index is -0.117. The molecule has 4 aromatic rings. The first-order valence-electron chi connectivity index (χ1n) is 12.1. The van der Waals surface area contributed by atoms with E-state index in [1.165, 1.54) is 0 Å². The van der Waals surface area contributed by atoms with Crippen molar-refractivity contribution in [3.05, 3.63) is 108 Å². The molecule has 1 aliphatic rings. The SMILES string of the molecule is CCC(=NNCC(=O)N1c2ccccc2Sc2ccccc21)c1ccc(OCc2ccccc2)cc1O. The molecule has 4 aromatic carbocycles. The minimum Gasteiger partial charge on any atom is -0.507 e. The first kappa shape index (κ1) is 24.5. The summed E-state index contributed by atoms with van der Waals surface area (Å²) in [6, 6.07) is 30.8. The first-order chi connectivity index (χ1) is 18.1. The number of ether oxygens (including phenoxy) is 1. The molecule has 0 fully saturated rings. The van der Waals surface area contributed by atoms with Crippen LogP contribution in [-0.2, 0) is 11.4 Å². The van der Waals surface area contributed by atoms with Gasteiger partial charge in [0.15, 0.2) is 0 Å². The fraction of sp³-hybridized carbons (Fsp3) is 0.133. The Kier molecular flexibility index (Phi) is 7.42. The monoisotopic (exact) mass is 509 g/mol. The lowest BCUT2D eigenvalue weighted by atomic mass is 10.1. The van der Waals surface area contributed by atoms with Crippen LogP contribution in [0.4, 0.5) is 11.4 Å². The summed E-state index contributed by atoms with van der Waals surface area (Å²) in [5, 5.41) is 15.1. The molecule has 0 saturated carbocycles. The molecule has 0 saturated heterocycles. The van der Waals surface area contributed by atoms with Crippen LogP contribution >= 0.6 is 11.8 Å². The van der Waals surface area contributed by atoms with Gasteiger partial charge in [-0.25, -0.2) is 0 Å². The molecule has 1 aliphatic heterocycles. The molecule has 1 heterocycles. The second kappa shape index (κ2) is 11.2. The number of fused-ring (bicyclic) bond motifs is 2. The summed E-state index contributed by atoms with van der Waals surface area (Å²) in [4.78, 5) is 17.2. The molecule has 186 valence electrons. The molecular weight excluding hydrogens is 482 g/mol. The summed E-state index contributed by atoms with van der Waals surface area (Å²) in [5.74, 6) is 0.535. The zero-order chi connectivity index (χ0) is 25.6. The summed E-state index contributed by atoms with van der Waals surface area (Å²) in [6.45, 7) is 2.38. The number of phenolic OH excluding ortho intramolecular Hbond substituents is 1. The Balaban J connectivity index is 1.28. The van der Waals surface area contributed by atoms with Gasteiger partial charge in [-0.15, -0.1) is 0 Å². The molecular formula is C30H27N3O3S. The lowest BCUT2D eigenvalue weighted by Gasteiger charge is -2.31. The number of rotatable bonds is 8. The number of benzene rings is 4. The van der Waals surface area contributed by atoms with Gasteiger partial charge in [-0.05, 0) is 48.4 Å². The number of hydrogen-bond donors (Lipinski definition) is 2. The molecule has 0 aliphatic carbocycles.